The van der Waals surface area contributed by atoms with E-state index in [1.165, 1.54) is 0 Å². The van der Waals surface area contributed by atoms with Crippen LogP contribution in [0.4, 0.5) is 11.4 Å². The molecule has 0 radical (unpaired) electrons. The Morgan fingerprint density at radius 1 is 1.11 bits per heavy atom. The molecule has 1 heterocycles. The number of benzene rings is 2. The van der Waals surface area contributed by atoms with E-state index in [0.717, 1.165) is 16.9 Å². The molecule has 0 fully saturated rings. The summed E-state index contributed by atoms with van der Waals surface area (Å²) in [6.07, 6.45) is 0.335. The van der Waals surface area contributed by atoms with Crippen LogP contribution < -0.4 is 10.6 Å². The minimum absolute atomic E-state index is 0.0318. The van der Waals surface area contributed by atoms with Crippen LogP contribution in [0.2, 0.25) is 0 Å². The fraction of sp³-hybridized carbons (Fsp3) is 0.0667. The van der Waals surface area contributed by atoms with Crippen LogP contribution in [0.25, 0.3) is 0 Å². The lowest BCUT2D eigenvalue weighted by Crippen LogP contribution is -2.11. The molecule has 0 aliphatic carbocycles. The Morgan fingerprint density at radius 2 is 1.89 bits per heavy atom. The third kappa shape index (κ3) is 2.33. The molecule has 2 aromatic rings. The van der Waals surface area contributed by atoms with E-state index in [0.29, 0.717) is 12.0 Å². The average molecular weight is 252 g/mol. The third-order valence-electron chi connectivity index (χ3n) is 3.02. The highest BCUT2D eigenvalue weighted by molar-refractivity contribution is 6.06. The van der Waals surface area contributed by atoms with E-state index < -0.39 is 0 Å². The van der Waals surface area contributed by atoms with E-state index in [-0.39, 0.29) is 11.8 Å². The van der Waals surface area contributed by atoms with Crippen molar-refractivity contribution in [2.45, 2.75) is 6.42 Å². The van der Waals surface area contributed by atoms with Gasteiger partial charge >= 0.3 is 0 Å². The molecule has 2 N–H and O–H groups in total. The molecular formula is C15H12N2O2. The fourth-order valence-corrected chi connectivity index (χ4v) is 2.10. The van der Waals surface area contributed by atoms with E-state index in [1.807, 2.05) is 30.3 Å². The summed E-state index contributed by atoms with van der Waals surface area (Å²) < 4.78 is 0. The second-order valence-corrected chi connectivity index (χ2v) is 4.42. The Morgan fingerprint density at radius 3 is 2.68 bits per heavy atom. The number of anilines is 2. The quantitative estimate of drug-likeness (QED) is 0.862. The molecule has 19 heavy (non-hydrogen) atoms. The number of nitrogens with one attached hydrogen (secondary N) is 2. The van der Waals surface area contributed by atoms with Crippen molar-refractivity contribution in [2.24, 2.45) is 0 Å². The first-order valence-corrected chi connectivity index (χ1v) is 6.01. The molecule has 1 aliphatic heterocycles. The van der Waals surface area contributed by atoms with Gasteiger partial charge in [0.15, 0.2) is 0 Å². The average Bonchev–Trinajstić information content (AvgIpc) is 2.78. The smallest absolute Gasteiger partial charge is 0.255 e. The van der Waals surface area contributed by atoms with Crippen molar-refractivity contribution in [2.75, 3.05) is 10.6 Å². The molecule has 0 unspecified atom stereocenters. The molecule has 0 saturated heterocycles. The molecule has 1 aliphatic rings. The van der Waals surface area contributed by atoms with Gasteiger partial charge in [0.25, 0.3) is 5.91 Å². The van der Waals surface area contributed by atoms with Gasteiger partial charge in [-0.25, -0.2) is 0 Å². The molecule has 94 valence electrons. The minimum Gasteiger partial charge on any atom is -0.326 e. The zero-order valence-electron chi connectivity index (χ0n) is 10.1. The Labute approximate surface area is 110 Å². The Hall–Kier alpha value is -2.62. The number of carbonyl (C=O) groups excluding carboxylic acids is 2. The first kappa shape index (κ1) is 11.5. The maximum Gasteiger partial charge on any atom is 0.255 e. The van der Waals surface area contributed by atoms with Crippen molar-refractivity contribution < 1.29 is 9.59 Å². The summed E-state index contributed by atoms with van der Waals surface area (Å²) in [4.78, 5) is 23.3. The van der Waals surface area contributed by atoms with Gasteiger partial charge in [-0.15, -0.1) is 0 Å². The lowest BCUT2D eigenvalue weighted by atomic mass is 10.1. The van der Waals surface area contributed by atoms with Crippen LogP contribution in [-0.2, 0) is 11.2 Å². The molecule has 0 bridgehead atoms. The van der Waals surface area contributed by atoms with Gasteiger partial charge in [0, 0.05) is 16.9 Å². The van der Waals surface area contributed by atoms with Crippen LogP contribution >= 0.6 is 0 Å². The molecule has 2 amide bonds. The van der Waals surface area contributed by atoms with Crippen LogP contribution in [-0.4, -0.2) is 11.8 Å². The number of hydrogen-bond acceptors (Lipinski definition) is 2. The molecule has 0 atom stereocenters. The first-order chi connectivity index (χ1) is 9.22. The topological polar surface area (TPSA) is 58.2 Å². The molecule has 3 rings (SSSR count). The largest absolute Gasteiger partial charge is 0.326 e. The molecule has 0 aromatic heterocycles. The van der Waals surface area contributed by atoms with Gasteiger partial charge in [-0.05, 0) is 35.9 Å². The summed E-state index contributed by atoms with van der Waals surface area (Å²) in [6.45, 7) is 0. The van der Waals surface area contributed by atoms with E-state index in [2.05, 4.69) is 10.6 Å². The first-order valence-electron chi connectivity index (χ1n) is 6.01. The highest BCUT2D eigenvalue weighted by atomic mass is 16.2. The molecule has 0 saturated carbocycles. The maximum atomic E-state index is 12.1. The summed E-state index contributed by atoms with van der Waals surface area (Å²) in [5.41, 5.74) is 2.97. The number of para-hydroxylation sites is 1. The van der Waals surface area contributed by atoms with Gasteiger partial charge in [-0.3, -0.25) is 9.59 Å². The summed E-state index contributed by atoms with van der Waals surface area (Å²) in [5.74, 6) is -0.205. The van der Waals surface area contributed by atoms with Crippen molar-refractivity contribution in [3.63, 3.8) is 0 Å². The van der Waals surface area contributed by atoms with Crippen LogP contribution in [0.5, 0.6) is 0 Å². The Bertz CT molecular complexity index is 650. The standard InChI is InChI=1S/C15H12N2O2/c18-14-9-11-8-10(6-7-13(11)17-14)15(19)16-12-4-2-1-3-5-12/h1-8H,9H2,(H,16,19)(H,17,18). The highest BCUT2D eigenvalue weighted by Crippen LogP contribution is 2.24. The maximum absolute atomic E-state index is 12.1. The van der Waals surface area contributed by atoms with Gasteiger partial charge < -0.3 is 10.6 Å². The van der Waals surface area contributed by atoms with Gasteiger partial charge in [-0.1, -0.05) is 18.2 Å². The van der Waals surface area contributed by atoms with Crippen molar-refractivity contribution in [3.05, 3.63) is 59.7 Å². The number of hydrogen-bond donors (Lipinski definition) is 2. The van der Waals surface area contributed by atoms with Gasteiger partial charge in [-0.2, -0.15) is 0 Å². The summed E-state index contributed by atoms with van der Waals surface area (Å²) in [7, 11) is 0. The van der Waals surface area contributed by atoms with E-state index in [9.17, 15) is 9.59 Å². The predicted molar refractivity (Wildman–Crippen MR) is 73.2 cm³/mol. The number of rotatable bonds is 2. The predicted octanol–water partition coefficient (Wildman–Crippen LogP) is 2.43. The molecular weight excluding hydrogens is 240 g/mol. The van der Waals surface area contributed by atoms with Crippen LogP contribution in [0.1, 0.15) is 15.9 Å². The number of fused-ring (bicyclic) bond motifs is 1. The molecule has 4 heteroatoms. The Kier molecular flexibility index (Phi) is 2.76. The normalized spacial score (nSPS) is 12.7. The van der Waals surface area contributed by atoms with Crippen molar-refractivity contribution in [1.82, 2.24) is 0 Å². The minimum atomic E-state index is -0.173. The zero-order valence-corrected chi connectivity index (χ0v) is 10.1. The lowest BCUT2D eigenvalue weighted by molar-refractivity contribution is -0.115. The zero-order chi connectivity index (χ0) is 13.2. The van der Waals surface area contributed by atoms with Crippen molar-refractivity contribution in [1.29, 1.82) is 0 Å². The second kappa shape index (κ2) is 4.57. The van der Waals surface area contributed by atoms with Crippen molar-refractivity contribution in [3.8, 4) is 0 Å². The SMILES string of the molecule is O=C1Cc2cc(C(=O)Nc3ccccc3)ccc2N1. The van der Waals surface area contributed by atoms with Crippen LogP contribution in [0.3, 0.4) is 0 Å². The Balaban J connectivity index is 1.82. The summed E-state index contributed by atoms with van der Waals surface area (Å²) in [5, 5.41) is 5.56. The van der Waals surface area contributed by atoms with Gasteiger partial charge in [0.2, 0.25) is 5.91 Å². The number of amides is 2. The third-order valence-corrected chi connectivity index (χ3v) is 3.02. The summed E-state index contributed by atoms with van der Waals surface area (Å²) in [6, 6.07) is 14.5. The lowest BCUT2D eigenvalue weighted by Gasteiger charge is -2.06. The monoisotopic (exact) mass is 252 g/mol. The van der Waals surface area contributed by atoms with Gasteiger partial charge in [0.1, 0.15) is 0 Å². The summed E-state index contributed by atoms with van der Waals surface area (Å²) >= 11 is 0. The molecule has 4 nitrogen and oxygen atoms in total. The van der Waals surface area contributed by atoms with Crippen LogP contribution in [0, 0.1) is 0 Å². The van der Waals surface area contributed by atoms with E-state index in [1.54, 1.807) is 18.2 Å². The van der Waals surface area contributed by atoms with E-state index in [4.69, 9.17) is 0 Å². The molecule has 2 aromatic carbocycles. The highest BCUT2D eigenvalue weighted by Gasteiger charge is 2.19. The number of carbonyl (C=O) groups is 2. The second-order valence-electron chi connectivity index (χ2n) is 4.42. The van der Waals surface area contributed by atoms with Crippen molar-refractivity contribution >= 4 is 23.2 Å². The van der Waals surface area contributed by atoms with E-state index >= 15 is 0 Å². The van der Waals surface area contributed by atoms with Gasteiger partial charge in [0.05, 0.1) is 6.42 Å². The molecule has 0 spiro atoms. The fourth-order valence-electron chi connectivity index (χ4n) is 2.10. The van der Waals surface area contributed by atoms with Crippen LogP contribution in [0.15, 0.2) is 48.5 Å².